The van der Waals surface area contributed by atoms with Gasteiger partial charge in [-0.2, -0.15) is 0 Å². The molecule has 0 aliphatic heterocycles. The van der Waals surface area contributed by atoms with E-state index in [1.165, 1.54) is 170 Å². The molecule has 2 aliphatic rings. The second-order valence-electron chi connectivity index (χ2n) is 24.5. The van der Waals surface area contributed by atoms with E-state index in [1.54, 1.807) is 7.11 Å². The van der Waals surface area contributed by atoms with E-state index in [-0.39, 0.29) is 10.8 Å². The zero-order valence-corrected chi connectivity index (χ0v) is 47.7. The lowest BCUT2D eigenvalue weighted by atomic mass is 9.78. The van der Waals surface area contributed by atoms with Crippen molar-refractivity contribution in [1.29, 1.82) is 0 Å². The van der Waals surface area contributed by atoms with E-state index < -0.39 is 0 Å². The number of benzene rings is 15. The van der Waals surface area contributed by atoms with Gasteiger partial charge in [-0.15, -0.1) is 0 Å². The molecule has 0 aromatic heterocycles. The van der Waals surface area contributed by atoms with Gasteiger partial charge in [0.05, 0.1) is 7.11 Å². The highest BCUT2D eigenvalue weighted by Gasteiger charge is 2.38. The molecular formula is C83H58O. The second kappa shape index (κ2) is 18.0. The highest BCUT2D eigenvalue weighted by atomic mass is 16.5. The molecule has 0 radical (unpaired) electrons. The van der Waals surface area contributed by atoms with Crippen molar-refractivity contribution >= 4 is 75.4 Å². The van der Waals surface area contributed by atoms with Crippen LogP contribution in [0.2, 0.25) is 0 Å². The quantitative estimate of drug-likeness (QED) is 0.151. The molecule has 2 aliphatic carbocycles. The Morgan fingerprint density at radius 1 is 0.214 bits per heavy atom. The molecule has 17 rings (SSSR count). The molecule has 0 fully saturated rings. The number of ether oxygens (including phenoxy) is 1. The van der Waals surface area contributed by atoms with Crippen molar-refractivity contribution in [3.8, 4) is 83.6 Å². The number of methoxy groups -OCH3 is 1. The standard InChI is InChI=1S/C83H58O/c1-82(2)71-37-21-20-23-53(71)54-41-38-49(46-72(54)82)77-60-27-10-16-33-66(60)80(67-34-17-11-28-61(67)77)81-68-35-18-12-29-62(68)78(63-30-13-19-36-69(63)81)51-40-43-56-55-42-39-50(47-73(55)83(3,4)74(56)48-51)76-58-25-8-14-31-64(58)79(65-32-15-9-26-59(65)76)70-44-45-75(84-5)57-24-7-6-22-52(57)70/h6-48H,1-5H3. The fraction of sp³-hybridized carbons (Fsp3) is 0.0843. The predicted octanol–water partition coefficient (Wildman–Crippen LogP) is 22.7. The van der Waals surface area contributed by atoms with Crippen molar-refractivity contribution in [3.05, 3.63) is 283 Å². The van der Waals surface area contributed by atoms with E-state index in [9.17, 15) is 0 Å². The summed E-state index contributed by atoms with van der Waals surface area (Å²) in [6.45, 7) is 9.63. The minimum Gasteiger partial charge on any atom is -0.496 e. The van der Waals surface area contributed by atoms with Gasteiger partial charge in [-0.1, -0.05) is 264 Å². The van der Waals surface area contributed by atoms with Gasteiger partial charge in [-0.3, -0.25) is 0 Å². The summed E-state index contributed by atoms with van der Waals surface area (Å²) < 4.78 is 5.89. The number of hydrogen-bond acceptors (Lipinski definition) is 1. The average molecular weight is 1070 g/mol. The minimum absolute atomic E-state index is 0.106. The zero-order valence-electron chi connectivity index (χ0n) is 47.7. The molecule has 15 aromatic rings. The maximum atomic E-state index is 5.89. The Kier molecular flexibility index (Phi) is 10.4. The Labute approximate surface area is 489 Å². The van der Waals surface area contributed by atoms with Gasteiger partial charge in [0, 0.05) is 16.2 Å². The zero-order chi connectivity index (χ0) is 56.2. The molecule has 1 heteroatoms. The molecule has 0 spiro atoms. The Hall–Kier alpha value is -10.1. The van der Waals surface area contributed by atoms with Gasteiger partial charge in [0.1, 0.15) is 5.75 Å². The average Bonchev–Trinajstić information content (AvgIpc) is 4.14. The first-order chi connectivity index (χ1) is 41.2. The summed E-state index contributed by atoms with van der Waals surface area (Å²) in [6.07, 6.45) is 0. The van der Waals surface area contributed by atoms with Gasteiger partial charge in [-0.05, 0) is 194 Å². The van der Waals surface area contributed by atoms with E-state index in [4.69, 9.17) is 4.74 Å². The van der Waals surface area contributed by atoms with Crippen LogP contribution in [0, 0.1) is 0 Å². The van der Waals surface area contributed by atoms with Crippen LogP contribution < -0.4 is 4.74 Å². The van der Waals surface area contributed by atoms with Gasteiger partial charge in [-0.25, -0.2) is 0 Å². The second-order valence-corrected chi connectivity index (χ2v) is 24.5. The molecule has 0 amide bonds. The summed E-state index contributed by atoms with van der Waals surface area (Å²) >= 11 is 0. The van der Waals surface area contributed by atoms with Crippen molar-refractivity contribution in [3.63, 3.8) is 0 Å². The van der Waals surface area contributed by atoms with E-state index in [2.05, 4.69) is 289 Å². The third-order valence-corrected chi connectivity index (χ3v) is 19.5. The highest BCUT2D eigenvalue weighted by Crippen LogP contribution is 2.56. The predicted molar refractivity (Wildman–Crippen MR) is 358 cm³/mol. The lowest BCUT2D eigenvalue weighted by Crippen LogP contribution is -2.15. The van der Waals surface area contributed by atoms with Gasteiger partial charge in [0.25, 0.3) is 0 Å². The maximum Gasteiger partial charge on any atom is 0.126 e. The molecule has 0 N–H and O–H groups in total. The summed E-state index contributed by atoms with van der Waals surface area (Å²) in [5, 5.41) is 17.3. The molecule has 396 valence electrons. The molecule has 0 unspecified atom stereocenters. The van der Waals surface area contributed by atoms with E-state index >= 15 is 0 Å². The van der Waals surface area contributed by atoms with Crippen LogP contribution in [0.1, 0.15) is 49.9 Å². The molecule has 0 bridgehead atoms. The lowest BCUT2D eigenvalue weighted by Gasteiger charge is -2.25. The maximum absolute atomic E-state index is 5.89. The van der Waals surface area contributed by atoms with Crippen molar-refractivity contribution in [2.45, 2.75) is 38.5 Å². The third kappa shape index (κ3) is 6.73. The summed E-state index contributed by atoms with van der Waals surface area (Å²) in [5.74, 6) is 0.885. The van der Waals surface area contributed by atoms with Crippen LogP contribution in [0.4, 0.5) is 0 Å². The van der Waals surface area contributed by atoms with Crippen LogP contribution in [0.5, 0.6) is 5.75 Å². The SMILES string of the molecule is COc1ccc(-c2c3ccccc3c(-c3ccc4c(c3)C(C)(C)c3cc(-c5c6ccccc6c(-c6c7ccccc7c(-c7ccc8c(c7)C(C)(C)c7ccccc7-8)c7ccccc67)c6ccccc56)ccc3-4)c3ccccc23)c2ccccc12. The van der Waals surface area contributed by atoms with Crippen LogP contribution in [-0.4, -0.2) is 7.11 Å². The Morgan fingerprint density at radius 2 is 0.476 bits per heavy atom. The molecule has 1 nitrogen and oxygen atoms in total. The van der Waals surface area contributed by atoms with Crippen molar-refractivity contribution in [2.75, 3.05) is 7.11 Å². The summed E-state index contributed by atoms with van der Waals surface area (Å²) in [7, 11) is 1.76. The van der Waals surface area contributed by atoms with Gasteiger partial charge >= 0.3 is 0 Å². The molecule has 15 aromatic carbocycles. The normalized spacial score (nSPS) is 13.7. The number of rotatable bonds is 6. The first kappa shape index (κ1) is 48.6. The number of hydrogen-bond donors (Lipinski definition) is 0. The first-order valence-corrected chi connectivity index (χ1v) is 29.6. The van der Waals surface area contributed by atoms with Crippen LogP contribution in [0.15, 0.2) is 261 Å². The van der Waals surface area contributed by atoms with Crippen LogP contribution >= 0.6 is 0 Å². The monoisotopic (exact) mass is 1070 g/mol. The van der Waals surface area contributed by atoms with E-state index in [1.807, 2.05) is 0 Å². The van der Waals surface area contributed by atoms with E-state index in [0.717, 1.165) is 11.1 Å². The first-order valence-electron chi connectivity index (χ1n) is 29.6. The topological polar surface area (TPSA) is 9.23 Å². The number of fused-ring (bicyclic) bond motifs is 13. The largest absolute Gasteiger partial charge is 0.496 e. The van der Waals surface area contributed by atoms with Gasteiger partial charge in [0.15, 0.2) is 0 Å². The molecule has 0 atom stereocenters. The third-order valence-electron chi connectivity index (χ3n) is 19.5. The lowest BCUT2D eigenvalue weighted by molar-refractivity contribution is 0.420. The van der Waals surface area contributed by atoms with Gasteiger partial charge in [0.2, 0.25) is 0 Å². The fourth-order valence-corrected chi connectivity index (χ4v) is 15.7. The van der Waals surface area contributed by atoms with Crippen LogP contribution in [-0.2, 0) is 10.8 Å². The molecule has 0 saturated carbocycles. The Morgan fingerprint density at radius 3 is 0.833 bits per heavy atom. The van der Waals surface area contributed by atoms with Crippen LogP contribution in [0.25, 0.3) is 153 Å². The van der Waals surface area contributed by atoms with Crippen molar-refractivity contribution in [2.24, 2.45) is 0 Å². The minimum atomic E-state index is -0.284. The molecule has 84 heavy (non-hydrogen) atoms. The summed E-state index contributed by atoms with van der Waals surface area (Å²) in [5.41, 5.74) is 23.0. The van der Waals surface area contributed by atoms with Crippen LogP contribution in [0.3, 0.4) is 0 Å². The molecule has 0 saturated heterocycles. The van der Waals surface area contributed by atoms with Gasteiger partial charge < -0.3 is 4.74 Å². The molecular weight excluding hydrogens is 1010 g/mol. The smallest absolute Gasteiger partial charge is 0.126 e. The molecule has 0 heterocycles. The summed E-state index contributed by atoms with van der Waals surface area (Å²) in [4.78, 5) is 0. The van der Waals surface area contributed by atoms with E-state index in [0.29, 0.717) is 0 Å². The summed E-state index contributed by atoms with van der Waals surface area (Å²) in [6, 6.07) is 98.5. The Balaban J connectivity index is 0.823. The van der Waals surface area contributed by atoms with Crippen molar-refractivity contribution < 1.29 is 4.74 Å². The Bertz CT molecular complexity index is 5190. The van der Waals surface area contributed by atoms with Crippen molar-refractivity contribution in [1.82, 2.24) is 0 Å². The fourth-order valence-electron chi connectivity index (χ4n) is 15.7. The highest BCUT2D eigenvalue weighted by molar-refractivity contribution is 6.30.